The van der Waals surface area contributed by atoms with Gasteiger partial charge in [-0.1, -0.05) is 19.9 Å². The third-order valence-corrected chi connectivity index (χ3v) is 6.49. The highest BCUT2D eigenvalue weighted by molar-refractivity contribution is 5.78. The quantitative estimate of drug-likeness (QED) is 0.451. The third-order valence-electron chi connectivity index (χ3n) is 6.49. The molecule has 3 unspecified atom stereocenters. The van der Waals surface area contributed by atoms with E-state index in [4.69, 9.17) is 18.7 Å². The summed E-state index contributed by atoms with van der Waals surface area (Å²) in [7, 11) is 0. The van der Waals surface area contributed by atoms with Crippen LogP contribution in [0, 0.1) is 5.92 Å². The van der Waals surface area contributed by atoms with E-state index in [9.17, 15) is 14.7 Å². The Bertz CT molecular complexity index is 997. The molecule has 4 rings (SSSR count). The minimum atomic E-state index is -0.896. The van der Waals surface area contributed by atoms with Gasteiger partial charge in [-0.15, -0.1) is 0 Å². The zero-order valence-corrected chi connectivity index (χ0v) is 20.2. The number of carboxylic acid groups (broad SMARTS) is 1. The summed E-state index contributed by atoms with van der Waals surface area (Å²) < 4.78 is 16.3. The number of carboxylic acids is 1. The summed E-state index contributed by atoms with van der Waals surface area (Å²) >= 11 is 0. The van der Waals surface area contributed by atoms with Gasteiger partial charge in [0.2, 0.25) is 6.79 Å². The van der Waals surface area contributed by atoms with Crippen molar-refractivity contribution in [1.82, 2.24) is 14.9 Å². The Morgan fingerprint density at radius 3 is 2.77 bits per heavy atom. The van der Waals surface area contributed by atoms with Crippen molar-refractivity contribution in [3.05, 3.63) is 42.1 Å². The monoisotopic (exact) mass is 487 g/mol. The summed E-state index contributed by atoms with van der Waals surface area (Å²) in [5.74, 6) is -0.292. The SMILES string of the molecule is CCCON(CCC)C(=O)CN1CC(c2ccc3c(c2)OCO3)C(C(=O)O)C1CCc1ncco1. The van der Waals surface area contributed by atoms with Crippen LogP contribution in [0.1, 0.15) is 50.5 Å². The van der Waals surface area contributed by atoms with Crippen LogP contribution in [-0.2, 0) is 20.8 Å². The van der Waals surface area contributed by atoms with E-state index in [1.54, 1.807) is 6.20 Å². The second-order valence-electron chi connectivity index (χ2n) is 8.87. The van der Waals surface area contributed by atoms with Crippen molar-refractivity contribution >= 4 is 11.9 Å². The number of hydrogen-bond donors (Lipinski definition) is 1. The molecule has 0 bridgehead atoms. The number of benzene rings is 1. The lowest BCUT2D eigenvalue weighted by molar-refractivity contribution is -0.188. The summed E-state index contributed by atoms with van der Waals surface area (Å²) in [4.78, 5) is 37.6. The van der Waals surface area contributed by atoms with Gasteiger partial charge >= 0.3 is 5.97 Å². The smallest absolute Gasteiger partial charge is 0.308 e. The maximum atomic E-state index is 13.2. The Morgan fingerprint density at radius 1 is 1.23 bits per heavy atom. The summed E-state index contributed by atoms with van der Waals surface area (Å²) in [6, 6.07) is 5.17. The molecule has 2 aromatic rings. The molecule has 1 amide bonds. The van der Waals surface area contributed by atoms with Gasteiger partial charge in [0, 0.05) is 31.5 Å². The van der Waals surface area contributed by atoms with Gasteiger partial charge in [0.25, 0.3) is 5.91 Å². The molecule has 0 radical (unpaired) electrons. The molecular formula is C25H33N3O7. The fraction of sp³-hybridized carbons (Fsp3) is 0.560. The standard InChI is InChI=1S/C25H33N3O7/c1-3-10-28(35-11-4-2)23(29)15-27-14-18(17-5-7-20-21(13-17)34-16-33-20)24(25(30)31)19(27)6-8-22-26-9-12-32-22/h5,7,9,12-13,18-19,24H,3-4,6,8,10-11,14-16H2,1-2H3,(H,30,31). The van der Waals surface area contributed by atoms with Gasteiger partial charge in [0.15, 0.2) is 17.4 Å². The number of aliphatic carboxylic acids is 1. The highest BCUT2D eigenvalue weighted by atomic mass is 16.7. The first-order valence-corrected chi connectivity index (χ1v) is 12.2. The van der Waals surface area contributed by atoms with Crippen LogP contribution in [0.5, 0.6) is 11.5 Å². The minimum Gasteiger partial charge on any atom is -0.481 e. The topological polar surface area (TPSA) is 115 Å². The first-order chi connectivity index (χ1) is 17.0. The van der Waals surface area contributed by atoms with E-state index in [1.807, 2.05) is 36.9 Å². The highest BCUT2D eigenvalue weighted by Crippen LogP contribution is 2.43. The number of carbonyl (C=O) groups excluding carboxylic acids is 1. The van der Waals surface area contributed by atoms with Gasteiger partial charge in [-0.05, 0) is 37.0 Å². The second-order valence-corrected chi connectivity index (χ2v) is 8.87. The van der Waals surface area contributed by atoms with Crippen molar-refractivity contribution in [2.75, 3.05) is 33.0 Å². The number of hydroxylamine groups is 2. The predicted molar refractivity (Wildman–Crippen MR) is 125 cm³/mol. The van der Waals surface area contributed by atoms with Gasteiger partial charge in [-0.2, -0.15) is 0 Å². The second kappa shape index (κ2) is 11.5. The number of rotatable bonds is 12. The van der Waals surface area contributed by atoms with Crippen molar-refractivity contribution in [3.63, 3.8) is 0 Å². The Morgan fingerprint density at radius 2 is 2.06 bits per heavy atom. The fourth-order valence-electron chi connectivity index (χ4n) is 4.90. The molecule has 10 heteroatoms. The lowest BCUT2D eigenvalue weighted by atomic mass is 9.83. The number of amides is 1. The first-order valence-electron chi connectivity index (χ1n) is 12.2. The molecule has 1 fully saturated rings. The normalized spacial score (nSPS) is 21.4. The van der Waals surface area contributed by atoms with Gasteiger partial charge in [0.1, 0.15) is 6.26 Å². The summed E-state index contributed by atoms with van der Waals surface area (Å²) in [5, 5.41) is 11.7. The van der Waals surface area contributed by atoms with Crippen LogP contribution in [0.25, 0.3) is 0 Å². The van der Waals surface area contributed by atoms with E-state index >= 15 is 0 Å². The number of aromatic nitrogens is 1. The fourth-order valence-corrected chi connectivity index (χ4v) is 4.90. The van der Waals surface area contributed by atoms with E-state index in [2.05, 4.69) is 4.98 Å². The maximum absolute atomic E-state index is 13.2. The molecule has 1 aromatic heterocycles. The van der Waals surface area contributed by atoms with Crippen molar-refractivity contribution in [3.8, 4) is 11.5 Å². The van der Waals surface area contributed by atoms with Crippen LogP contribution < -0.4 is 9.47 Å². The van der Waals surface area contributed by atoms with Crippen LogP contribution in [0.3, 0.4) is 0 Å². The average Bonchev–Trinajstić information content (AvgIpc) is 3.59. The Labute approximate surface area is 204 Å². The van der Waals surface area contributed by atoms with E-state index in [0.717, 1.165) is 18.4 Å². The number of aryl methyl sites for hydroxylation is 1. The molecule has 2 aliphatic rings. The van der Waals surface area contributed by atoms with E-state index in [0.29, 0.717) is 49.9 Å². The van der Waals surface area contributed by atoms with Gasteiger partial charge < -0.3 is 19.0 Å². The number of nitrogens with zero attached hydrogens (tertiary/aromatic N) is 3. The van der Waals surface area contributed by atoms with E-state index in [-0.39, 0.29) is 31.2 Å². The lowest BCUT2D eigenvalue weighted by Gasteiger charge is -2.28. The maximum Gasteiger partial charge on any atom is 0.308 e. The average molecular weight is 488 g/mol. The number of ether oxygens (including phenoxy) is 2. The van der Waals surface area contributed by atoms with Gasteiger partial charge in [-0.3, -0.25) is 19.3 Å². The molecule has 10 nitrogen and oxygen atoms in total. The molecule has 1 N–H and O–H groups in total. The molecule has 3 atom stereocenters. The third kappa shape index (κ3) is 5.76. The number of hydrogen-bond acceptors (Lipinski definition) is 8. The molecule has 0 saturated carbocycles. The van der Waals surface area contributed by atoms with E-state index < -0.39 is 11.9 Å². The molecule has 0 aliphatic carbocycles. The number of fused-ring (bicyclic) bond motifs is 1. The summed E-state index contributed by atoms with van der Waals surface area (Å²) in [6.45, 7) is 5.56. The van der Waals surface area contributed by atoms with Crippen molar-refractivity contribution in [2.45, 2.75) is 51.5 Å². The Kier molecular flexibility index (Phi) is 8.25. The van der Waals surface area contributed by atoms with E-state index in [1.165, 1.54) is 11.3 Å². The minimum absolute atomic E-state index is 0.0742. The first kappa shape index (κ1) is 25.0. The Balaban J connectivity index is 1.58. The largest absolute Gasteiger partial charge is 0.481 e. The van der Waals surface area contributed by atoms with Crippen molar-refractivity contribution in [1.29, 1.82) is 0 Å². The molecule has 1 aromatic carbocycles. The Hall–Kier alpha value is -3.11. The van der Waals surface area contributed by atoms with Gasteiger partial charge in [0.05, 0.1) is 25.3 Å². The molecule has 190 valence electrons. The van der Waals surface area contributed by atoms with Crippen LogP contribution >= 0.6 is 0 Å². The molecule has 1 saturated heterocycles. The molecule has 35 heavy (non-hydrogen) atoms. The van der Waals surface area contributed by atoms with Crippen LogP contribution in [0.2, 0.25) is 0 Å². The molecule has 3 heterocycles. The van der Waals surface area contributed by atoms with Crippen LogP contribution in [0.4, 0.5) is 0 Å². The number of oxazole rings is 1. The molecule has 2 aliphatic heterocycles. The van der Waals surface area contributed by atoms with Crippen LogP contribution in [-0.4, -0.2) is 71.0 Å². The predicted octanol–water partition coefficient (Wildman–Crippen LogP) is 3.08. The van der Waals surface area contributed by atoms with Crippen LogP contribution in [0.15, 0.2) is 35.1 Å². The molecular weight excluding hydrogens is 454 g/mol. The van der Waals surface area contributed by atoms with Crippen molar-refractivity contribution < 1.29 is 33.4 Å². The lowest BCUT2D eigenvalue weighted by Crippen LogP contribution is -2.44. The van der Waals surface area contributed by atoms with Gasteiger partial charge in [-0.25, -0.2) is 10.0 Å². The summed E-state index contributed by atoms with van der Waals surface area (Å²) in [6.07, 6.45) is 5.61. The summed E-state index contributed by atoms with van der Waals surface area (Å²) in [5.41, 5.74) is 0.852. The zero-order valence-electron chi connectivity index (χ0n) is 20.2. The number of likely N-dealkylation sites (tertiary alicyclic amines) is 1. The van der Waals surface area contributed by atoms with Crippen molar-refractivity contribution in [2.24, 2.45) is 5.92 Å². The zero-order chi connectivity index (χ0) is 24.8. The number of carbonyl (C=O) groups is 2. The molecule has 0 spiro atoms. The highest BCUT2D eigenvalue weighted by Gasteiger charge is 2.47.